The molecular weight excluding hydrogens is 256 g/mol. The van der Waals surface area contributed by atoms with Gasteiger partial charge in [0.2, 0.25) is 5.91 Å². The van der Waals surface area contributed by atoms with Crippen molar-refractivity contribution in [2.24, 2.45) is 17.6 Å². The number of nitrogens with zero attached hydrogens (tertiary/aromatic N) is 1. The number of hydrogen-bond acceptors (Lipinski definition) is 4. The molecule has 0 aromatic heterocycles. The largest absolute Gasteiger partial charge is 0.338 e. The summed E-state index contributed by atoms with van der Waals surface area (Å²) in [4.78, 5) is 25.4. The fraction of sp³-hybridized carbons (Fsp3) is 0.857. The molecule has 0 saturated carbocycles. The van der Waals surface area contributed by atoms with Gasteiger partial charge >= 0.3 is 6.03 Å². The van der Waals surface area contributed by atoms with Gasteiger partial charge in [-0.3, -0.25) is 15.0 Å². The maximum atomic E-state index is 11.8. The Kier molecular flexibility index (Phi) is 6.95. The van der Waals surface area contributed by atoms with Crippen molar-refractivity contribution < 1.29 is 9.59 Å². The number of amides is 3. The molecule has 20 heavy (non-hydrogen) atoms. The Bertz CT molecular complexity index is 333. The minimum Gasteiger partial charge on any atom is -0.338 e. The van der Waals surface area contributed by atoms with Crippen molar-refractivity contribution in [2.45, 2.75) is 39.7 Å². The van der Waals surface area contributed by atoms with Gasteiger partial charge in [-0.1, -0.05) is 27.2 Å². The van der Waals surface area contributed by atoms with Crippen LogP contribution in [-0.4, -0.2) is 49.1 Å². The first-order valence-corrected chi connectivity index (χ1v) is 7.48. The lowest BCUT2D eigenvalue weighted by atomic mass is 9.91. The van der Waals surface area contributed by atoms with Gasteiger partial charge < -0.3 is 11.1 Å². The summed E-state index contributed by atoms with van der Waals surface area (Å²) in [5.41, 5.74) is 6.04. The van der Waals surface area contributed by atoms with Crippen molar-refractivity contribution in [3.8, 4) is 0 Å². The predicted molar refractivity (Wildman–Crippen MR) is 79.2 cm³/mol. The van der Waals surface area contributed by atoms with E-state index in [1.165, 1.54) is 0 Å². The molecule has 1 heterocycles. The lowest BCUT2D eigenvalue weighted by Gasteiger charge is -2.35. The van der Waals surface area contributed by atoms with E-state index in [9.17, 15) is 9.59 Å². The Labute approximate surface area is 121 Å². The zero-order chi connectivity index (χ0) is 15.1. The summed E-state index contributed by atoms with van der Waals surface area (Å²) >= 11 is 0. The lowest BCUT2D eigenvalue weighted by Crippen LogP contribution is -2.51. The molecule has 0 radical (unpaired) electrons. The predicted octanol–water partition coefficient (Wildman–Crippen LogP) is 0.527. The van der Waals surface area contributed by atoms with Crippen LogP contribution in [0.2, 0.25) is 0 Å². The summed E-state index contributed by atoms with van der Waals surface area (Å²) < 4.78 is 0. The van der Waals surface area contributed by atoms with E-state index in [-0.39, 0.29) is 18.5 Å². The van der Waals surface area contributed by atoms with Crippen LogP contribution in [0.15, 0.2) is 0 Å². The molecule has 1 fully saturated rings. The maximum absolute atomic E-state index is 11.8. The van der Waals surface area contributed by atoms with Crippen molar-refractivity contribution in [3.63, 3.8) is 0 Å². The molecule has 6 heteroatoms. The van der Waals surface area contributed by atoms with Crippen LogP contribution in [0.25, 0.3) is 0 Å². The summed E-state index contributed by atoms with van der Waals surface area (Å²) in [7, 11) is 0. The fourth-order valence-corrected chi connectivity index (χ4v) is 2.41. The topological polar surface area (TPSA) is 87.5 Å². The van der Waals surface area contributed by atoms with Crippen molar-refractivity contribution in [3.05, 3.63) is 0 Å². The molecule has 0 spiro atoms. The number of nitrogens with one attached hydrogen (secondary N) is 2. The van der Waals surface area contributed by atoms with Crippen LogP contribution in [0.3, 0.4) is 0 Å². The minimum atomic E-state index is -0.413. The van der Waals surface area contributed by atoms with Crippen LogP contribution in [0.1, 0.15) is 33.6 Å². The molecule has 1 saturated heterocycles. The second kappa shape index (κ2) is 8.21. The Morgan fingerprint density at radius 3 is 2.70 bits per heavy atom. The van der Waals surface area contributed by atoms with Crippen molar-refractivity contribution in [1.29, 1.82) is 0 Å². The number of carbonyl (C=O) groups is 2. The Morgan fingerprint density at radius 2 is 2.10 bits per heavy atom. The molecule has 1 aliphatic heterocycles. The van der Waals surface area contributed by atoms with E-state index in [1.54, 1.807) is 0 Å². The molecule has 0 aromatic carbocycles. The Hall–Kier alpha value is -1.14. The van der Waals surface area contributed by atoms with E-state index in [0.717, 1.165) is 25.9 Å². The van der Waals surface area contributed by atoms with Gasteiger partial charge in [0.05, 0.1) is 6.54 Å². The van der Waals surface area contributed by atoms with Gasteiger partial charge in [0.15, 0.2) is 0 Å². The van der Waals surface area contributed by atoms with E-state index in [0.29, 0.717) is 18.4 Å². The van der Waals surface area contributed by atoms with Gasteiger partial charge in [0.1, 0.15) is 0 Å². The smallest absolute Gasteiger partial charge is 0.321 e. The lowest BCUT2D eigenvalue weighted by molar-refractivity contribution is -0.121. The number of rotatable bonds is 5. The Morgan fingerprint density at radius 1 is 1.40 bits per heavy atom. The molecular formula is C14H28N4O2. The van der Waals surface area contributed by atoms with E-state index in [4.69, 9.17) is 5.73 Å². The van der Waals surface area contributed by atoms with Crippen molar-refractivity contribution in [1.82, 2.24) is 15.5 Å². The first-order valence-electron chi connectivity index (χ1n) is 7.48. The van der Waals surface area contributed by atoms with E-state index in [2.05, 4.69) is 22.5 Å². The van der Waals surface area contributed by atoms with Gasteiger partial charge in [0.25, 0.3) is 0 Å². The van der Waals surface area contributed by atoms with E-state index >= 15 is 0 Å². The number of hydrogen-bond donors (Lipinski definition) is 3. The first kappa shape index (κ1) is 16.9. The zero-order valence-electron chi connectivity index (χ0n) is 12.8. The van der Waals surface area contributed by atoms with Gasteiger partial charge in [-0.15, -0.1) is 0 Å². The normalized spacial score (nSPS) is 23.6. The Balaban J connectivity index is 2.30. The number of nitrogens with two attached hydrogens (primary N) is 1. The molecule has 1 aliphatic rings. The number of likely N-dealkylation sites (tertiary alicyclic amines) is 1. The summed E-state index contributed by atoms with van der Waals surface area (Å²) in [5.74, 6) is 0.549. The van der Waals surface area contributed by atoms with Crippen LogP contribution in [0, 0.1) is 11.8 Å². The third-order valence-corrected chi connectivity index (χ3v) is 3.69. The second-order valence-corrected chi connectivity index (χ2v) is 6.01. The van der Waals surface area contributed by atoms with Gasteiger partial charge in [-0.2, -0.15) is 0 Å². The molecule has 0 aliphatic carbocycles. The van der Waals surface area contributed by atoms with Gasteiger partial charge in [0, 0.05) is 25.7 Å². The van der Waals surface area contributed by atoms with Crippen LogP contribution in [0.4, 0.5) is 4.79 Å². The molecule has 116 valence electrons. The summed E-state index contributed by atoms with van der Waals surface area (Å²) in [6.07, 6.45) is 1.93. The monoisotopic (exact) mass is 284 g/mol. The van der Waals surface area contributed by atoms with Crippen molar-refractivity contribution >= 4 is 11.9 Å². The highest BCUT2D eigenvalue weighted by Gasteiger charge is 2.26. The van der Waals surface area contributed by atoms with Gasteiger partial charge in [-0.05, 0) is 18.3 Å². The number of urea groups is 1. The van der Waals surface area contributed by atoms with Crippen LogP contribution in [-0.2, 0) is 4.79 Å². The summed E-state index contributed by atoms with van der Waals surface area (Å²) in [6.45, 7) is 8.60. The van der Waals surface area contributed by atoms with Crippen LogP contribution >= 0.6 is 0 Å². The van der Waals surface area contributed by atoms with Gasteiger partial charge in [-0.25, -0.2) is 4.79 Å². The molecule has 3 amide bonds. The standard InChI is InChI=1S/C14H28N4O2/c1-4-11-8-18(6-5-12(11)15)9-13(19)17-14(20)16-7-10(2)3/h10-12H,4-9,15H2,1-3H3,(H2,16,17,19,20). The second-order valence-electron chi connectivity index (χ2n) is 6.01. The quantitative estimate of drug-likeness (QED) is 0.687. The third kappa shape index (κ3) is 5.88. The zero-order valence-corrected chi connectivity index (χ0v) is 12.8. The first-order chi connectivity index (χ1) is 9.42. The molecule has 0 bridgehead atoms. The number of carbonyl (C=O) groups excluding carboxylic acids is 2. The number of imide groups is 1. The molecule has 6 nitrogen and oxygen atoms in total. The number of piperidine rings is 1. The maximum Gasteiger partial charge on any atom is 0.321 e. The highest BCUT2D eigenvalue weighted by atomic mass is 16.2. The highest BCUT2D eigenvalue weighted by Crippen LogP contribution is 2.17. The van der Waals surface area contributed by atoms with Crippen LogP contribution < -0.4 is 16.4 Å². The summed E-state index contributed by atoms with van der Waals surface area (Å²) in [5, 5.41) is 5.03. The summed E-state index contributed by atoms with van der Waals surface area (Å²) in [6, 6.07) is -0.182. The van der Waals surface area contributed by atoms with Crippen LogP contribution in [0.5, 0.6) is 0 Å². The van der Waals surface area contributed by atoms with Crippen molar-refractivity contribution in [2.75, 3.05) is 26.2 Å². The molecule has 2 unspecified atom stereocenters. The molecule has 4 N–H and O–H groups in total. The average Bonchev–Trinajstić information content (AvgIpc) is 2.38. The SMILES string of the molecule is CCC1CN(CC(=O)NC(=O)NCC(C)C)CCC1N. The highest BCUT2D eigenvalue weighted by molar-refractivity contribution is 5.95. The average molecular weight is 284 g/mol. The molecule has 1 rings (SSSR count). The fourth-order valence-electron chi connectivity index (χ4n) is 2.41. The molecule has 0 aromatic rings. The van der Waals surface area contributed by atoms with E-state index in [1.807, 2.05) is 13.8 Å². The molecule has 2 atom stereocenters. The minimum absolute atomic E-state index is 0.230. The van der Waals surface area contributed by atoms with E-state index < -0.39 is 6.03 Å². The third-order valence-electron chi connectivity index (χ3n) is 3.69.